The summed E-state index contributed by atoms with van der Waals surface area (Å²) in [5.74, 6) is 0.0953. The molecule has 5 heteroatoms. The molecule has 20 heavy (non-hydrogen) atoms. The first-order valence-electron chi connectivity index (χ1n) is 6.75. The minimum Gasteiger partial charge on any atom is -0.378 e. The van der Waals surface area contributed by atoms with Gasteiger partial charge in [-0.15, -0.1) is 11.3 Å². The van der Waals surface area contributed by atoms with Gasteiger partial charge in [0.1, 0.15) is 5.69 Å². The molecule has 0 unspecified atom stereocenters. The molecule has 3 heterocycles. The van der Waals surface area contributed by atoms with Crippen molar-refractivity contribution in [3.05, 3.63) is 35.4 Å². The van der Waals surface area contributed by atoms with Crippen LogP contribution in [0.25, 0.3) is 10.2 Å². The number of ether oxygens (including phenoxy) is 1. The standard InChI is InChI=1S/C15H18N2O2S/c1-11(2)10-17-12-3-8-20-14(12)9-13(17)15(18)16-4-6-19-7-5-16/h3,8-9H,1,4-7,10H2,2H3. The Balaban J connectivity index is 1.98. The Hall–Kier alpha value is -1.59. The summed E-state index contributed by atoms with van der Waals surface area (Å²) in [5, 5.41) is 2.06. The molecule has 1 aliphatic heterocycles. The Morgan fingerprint density at radius 3 is 2.90 bits per heavy atom. The van der Waals surface area contributed by atoms with Gasteiger partial charge in [0.25, 0.3) is 5.91 Å². The number of nitrogens with zero attached hydrogens (tertiary/aromatic N) is 2. The van der Waals surface area contributed by atoms with E-state index in [2.05, 4.69) is 22.6 Å². The monoisotopic (exact) mass is 290 g/mol. The fourth-order valence-corrected chi connectivity index (χ4v) is 3.35. The number of carbonyl (C=O) groups excluding carboxylic acids is 1. The fraction of sp³-hybridized carbons (Fsp3) is 0.400. The Bertz CT molecular complexity index is 650. The highest BCUT2D eigenvalue weighted by atomic mass is 32.1. The first-order chi connectivity index (χ1) is 9.66. The van der Waals surface area contributed by atoms with Gasteiger partial charge in [0.15, 0.2) is 0 Å². The van der Waals surface area contributed by atoms with Gasteiger partial charge in [0.05, 0.1) is 23.4 Å². The quantitative estimate of drug-likeness (QED) is 0.815. The van der Waals surface area contributed by atoms with Crippen LogP contribution in [0.3, 0.4) is 0 Å². The highest BCUT2D eigenvalue weighted by Crippen LogP contribution is 2.27. The zero-order chi connectivity index (χ0) is 14.1. The number of fused-ring (bicyclic) bond motifs is 1. The molecule has 0 N–H and O–H groups in total. The molecular weight excluding hydrogens is 272 g/mol. The van der Waals surface area contributed by atoms with Crippen LogP contribution in [0.2, 0.25) is 0 Å². The van der Waals surface area contributed by atoms with Gasteiger partial charge in [0, 0.05) is 19.6 Å². The lowest BCUT2D eigenvalue weighted by Gasteiger charge is -2.27. The zero-order valence-electron chi connectivity index (χ0n) is 11.6. The van der Waals surface area contributed by atoms with Crippen LogP contribution in [0.5, 0.6) is 0 Å². The van der Waals surface area contributed by atoms with E-state index in [1.54, 1.807) is 11.3 Å². The van der Waals surface area contributed by atoms with Crippen LogP contribution in [0, 0.1) is 0 Å². The van der Waals surface area contributed by atoms with E-state index in [1.807, 2.05) is 17.9 Å². The summed E-state index contributed by atoms with van der Waals surface area (Å²) in [4.78, 5) is 14.6. The molecule has 0 aromatic carbocycles. The Labute approximate surface area is 122 Å². The van der Waals surface area contributed by atoms with E-state index in [9.17, 15) is 4.79 Å². The second kappa shape index (κ2) is 5.42. The minimum atomic E-state index is 0.0953. The normalized spacial score (nSPS) is 15.8. The van der Waals surface area contributed by atoms with Crippen molar-refractivity contribution in [2.75, 3.05) is 26.3 Å². The Morgan fingerprint density at radius 1 is 1.45 bits per heavy atom. The number of carbonyl (C=O) groups is 1. The molecule has 1 fully saturated rings. The van der Waals surface area contributed by atoms with E-state index < -0.39 is 0 Å². The average molecular weight is 290 g/mol. The highest BCUT2D eigenvalue weighted by Gasteiger charge is 2.23. The molecule has 0 bridgehead atoms. The summed E-state index contributed by atoms with van der Waals surface area (Å²) in [7, 11) is 0. The van der Waals surface area contributed by atoms with Crippen LogP contribution in [0.1, 0.15) is 17.4 Å². The Kier molecular flexibility index (Phi) is 3.63. The van der Waals surface area contributed by atoms with Crippen molar-refractivity contribution < 1.29 is 9.53 Å². The van der Waals surface area contributed by atoms with E-state index in [0.29, 0.717) is 32.8 Å². The number of hydrogen-bond donors (Lipinski definition) is 0. The molecule has 0 spiro atoms. The molecule has 0 aliphatic carbocycles. The van der Waals surface area contributed by atoms with Crippen molar-refractivity contribution in [3.8, 4) is 0 Å². The first-order valence-corrected chi connectivity index (χ1v) is 7.63. The first kappa shape index (κ1) is 13.4. The second-order valence-electron chi connectivity index (χ2n) is 5.15. The molecule has 1 amide bonds. The maximum Gasteiger partial charge on any atom is 0.270 e. The number of aromatic nitrogens is 1. The molecule has 0 atom stereocenters. The van der Waals surface area contributed by atoms with Gasteiger partial charge in [-0.3, -0.25) is 4.79 Å². The SMILES string of the molecule is C=C(C)Cn1c(C(=O)N2CCOCC2)cc2sccc21. The number of rotatable bonds is 3. The molecule has 4 nitrogen and oxygen atoms in total. The summed E-state index contributed by atoms with van der Waals surface area (Å²) < 4.78 is 8.54. The molecule has 0 saturated carbocycles. The number of thiophene rings is 1. The van der Waals surface area contributed by atoms with E-state index in [0.717, 1.165) is 21.5 Å². The minimum absolute atomic E-state index is 0.0953. The molecule has 3 rings (SSSR count). The van der Waals surface area contributed by atoms with Crippen molar-refractivity contribution in [2.24, 2.45) is 0 Å². The molecule has 1 aliphatic rings. The van der Waals surface area contributed by atoms with Crippen molar-refractivity contribution in [3.63, 3.8) is 0 Å². The summed E-state index contributed by atoms with van der Waals surface area (Å²) in [5.41, 5.74) is 2.93. The van der Waals surface area contributed by atoms with E-state index in [4.69, 9.17) is 4.74 Å². The van der Waals surface area contributed by atoms with E-state index in [-0.39, 0.29) is 5.91 Å². The number of hydrogen-bond acceptors (Lipinski definition) is 3. The van der Waals surface area contributed by atoms with Gasteiger partial charge in [-0.1, -0.05) is 12.2 Å². The number of morpholine rings is 1. The second-order valence-corrected chi connectivity index (χ2v) is 6.10. The number of allylic oxidation sites excluding steroid dienone is 1. The molecular formula is C15H18N2O2S. The third-order valence-electron chi connectivity index (χ3n) is 3.47. The van der Waals surface area contributed by atoms with Gasteiger partial charge in [-0.25, -0.2) is 0 Å². The van der Waals surface area contributed by atoms with Gasteiger partial charge >= 0.3 is 0 Å². The summed E-state index contributed by atoms with van der Waals surface area (Å²) >= 11 is 1.67. The van der Waals surface area contributed by atoms with Crippen molar-refractivity contribution in [1.82, 2.24) is 9.47 Å². The van der Waals surface area contributed by atoms with E-state index in [1.165, 1.54) is 0 Å². The predicted molar refractivity (Wildman–Crippen MR) is 81.4 cm³/mol. The van der Waals surface area contributed by atoms with Crippen molar-refractivity contribution >= 4 is 27.5 Å². The summed E-state index contributed by atoms with van der Waals surface area (Å²) in [6.45, 7) is 9.24. The largest absolute Gasteiger partial charge is 0.378 e. The summed E-state index contributed by atoms with van der Waals surface area (Å²) in [6, 6.07) is 4.07. The van der Waals surface area contributed by atoms with Crippen LogP contribution >= 0.6 is 11.3 Å². The Morgan fingerprint density at radius 2 is 2.20 bits per heavy atom. The molecule has 106 valence electrons. The van der Waals surface area contributed by atoms with Gasteiger partial charge in [-0.05, 0) is 24.4 Å². The van der Waals surface area contributed by atoms with Crippen LogP contribution in [0.4, 0.5) is 0 Å². The molecule has 1 saturated heterocycles. The van der Waals surface area contributed by atoms with Gasteiger partial charge < -0.3 is 14.2 Å². The van der Waals surface area contributed by atoms with Crippen LogP contribution in [-0.4, -0.2) is 41.7 Å². The topological polar surface area (TPSA) is 34.5 Å². The maximum absolute atomic E-state index is 12.7. The lowest BCUT2D eigenvalue weighted by Crippen LogP contribution is -2.41. The lowest BCUT2D eigenvalue weighted by molar-refractivity contribution is 0.0296. The van der Waals surface area contributed by atoms with Crippen molar-refractivity contribution in [2.45, 2.75) is 13.5 Å². The van der Waals surface area contributed by atoms with Crippen LogP contribution in [0.15, 0.2) is 29.7 Å². The molecule has 2 aromatic heterocycles. The molecule has 2 aromatic rings. The number of amides is 1. The highest BCUT2D eigenvalue weighted by molar-refractivity contribution is 7.17. The zero-order valence-corrected chi connectivity index (χ0v) is 12.4. The predicted octanol–water partition coefficient (Wildman–Crippen LogP) is 2.75. The summed E-state index contributed by atoms with van der Waals surface area (Å²) in [6.07, 6.45) is 0. The molecule has 0 radical (unpaired) electrons. The van der Waals surface area contributed by atoms with Gasteiger partial charge in [0.2, 0.25) is 0 Å². The van der Waals surface area contributed by atoms with Crippen LogP contribution in [-0.2, 0) is 11.3 Å². The van der Waals surface area contributed by atoms with Gasteiger partial charge in [-0.2, -0.15) is 0 Å². The lowest BCUT2D eigenvalue weighted by atomic mass is 10.3. The third-order valence-corrected chi connectivity index (χ3v) is 4.32. The fourth-order valence-electron chi connectivity index (χ4n) is 2.52. The van der Waals surface area contributed by atoms with E-state index >= 15 is 0 Å². The smallest absolute Gasteiger partial charge is 0.270 e. The maximum atomic E-state index is 12.7. The van der Waals surface area contributed by atoms with Crippen LogP contribution < -0.4 is 0 Å². The average Bonchev–Trinajstić information content (AvgIpc) is 3.01. The third kappa shape index (κ3) is 2.39. The van der Waals surface area contributed by atoms with Crippen molar-refractivity contribution in [1.29, 1.82) is 0 Å².